The minimum Gasteiger partial charge on any atom is -0.390 e. The Bertz CT molecular complexity index is 122. The highest BCUT2D eigenvalue weighted by Gasteiger charge is 2.07. The summed E-state index contributed by atoms with van der Waals surface area (Å²) in [6.45, 7) is 5.06. The highest BCUT2D eigenvalue weighted by atomic mass is 32.2. The average Bonchev–Trinajstić information content (AvgIpc) is 2.16. The smallest absolute Gasteiger partial charge is 0.0863 e. The van der Waals surface area contributed by atoms with E-state index in [4.69, 9.17) is 9.47 Å². The second-order valence-electron chi connectivity index (χ2n) is 3.33. The van der Waals surface area contributed by atoms with Crippen LogP contribution in [-0.2, 0) is 9.47 Å². The molecule has 0 saturated heterocycles. The molecule has 2 unspecified atom stereocenters. The molecule has 0 spiro atoms. The van der Waals surface area contributed by atoms with E-state index in [1.54, 1.807) is 18.9 Å². The van der Waals surface area contributed by atoms with Gasteiger partial charge >= 0.3 is 0 Å². The maximum atomic E-state index is 9.51. The minimum atomic E-state index is -0.356. The third kappa shape index (κ3) is 8.81. The lowest BCUT2D eigenvalue weighted by atomic mass is 10.4. The Labute approximate surface area is 91.2 Å². The SMILES string of the molecule is CCCSCC(O)COC(C)COC. The molecular weight excluding hydrogens is 200 g/mol. The van der Waals surface area contributed by atoms with E-state index in [9.17, 15) is 5.11 Å². The van der Waals surface area contributed by atoms with Crippen LogP contribution in [0.2, 0.25) is 0 Å². The van der Waals surface area contributed by atoms with Crippen LogP contribution < -0.4 is 0 Å². The van der Waals surface area contributed by atoms with E-state index in [0.29, 0.717) is 13.2 Å². The molecule has 1 N–H and O–H groups in total. The Kier molecular flexibility index (Phi) is 9.93. The van der Waals surface area contributed by atoms with Crippen molar-refractivity contribution in [3.63, 3.8) is 0 Å². The van der Waals surface area contributed by atoms with Crippen molar-refractivity contribution in [2.75, 3.05) is 31.8 Å². The molecule has 0 rings (SSSR count). The van der Waals surface area contributed by atoms with Crippen LogP contribution >= 0.6 is 11.8 Å². The van der Waals surface area contributed by atoms with Crippen molar-refractivity contribution in [1.82, 2.24) is 0 Å². The largest absolute Gasteiger partial charge is 0.390 e. The van der Waals surface area contributed by atoms with Gasteiger partial charge < -0.3 is 14.6 Å². The van der Waals surface area contributed by atoms with Gasteiger partial charge in [0, 0.05) is 12.9 Å². The fourth-order valence-electron chi connectivity index (χ4n) is 0.970. The quantitative estimate of drug-likeness (QED) is 0.601. The fraction of sp³-hybridized carbons (Fsp3) is 1.00. The van der Waals surface area contributed by atoms with E-state index in [2.05, 4.69) is 6.92 Å². The lowest BCUT2D eigenvalue weighted by molar-refractivity contribution is -0.0257. The highest BCUT2D eigenvalue weighted by Crippen LogP contribution is 2.05. The number of thioether (sulfide) groups is 1. The first-order valence-electron chi connectivity index (χ1n) is 5.07. The maximum Gasteiger partial charge on any atom is 0.0863 e. The van der Waals surface area contributed by atoms with Crippen LogP contribution in [0.3, 0.4) is 0 Å². The summed E-state index contributed by atoms with van der Waals surface area (Å²) in [5, 5.41) is 9.51. The van der Waals surface area contributed by atoms with E-state index in [1.165, 1.54) is 0 Å². The van der Waals surface area contributed by atoms with Crippen LogP contribution in [-0.4, -0.2) is 49.1 Å². The van der Waals surface area contributed by atoms with Gasteiger partial charge in [0.05, 0.1) is 25.4 Å². The Balaban J connectivity index is 3.29. The zero-order valence-electron chi connectivity index (χ0n) is 9.36. The van der Waals surface area contributed by atoms with Gasteiger partial charge in [-0.1, -0.05) is 6.92 Å². The van der Waals surface area contributed by atoms with Crippen LogP contribution in [0.5, 0.6) is 0 Å². The molecule has 4 heteroatoms. The number of aliphatic hydroxyl groups is 1. The normalized spacial score (nSPS) is 15.4. The van der Waals surface area contributed by atoms with Crippen LogP contribution in [0, 0.1) is 0 Å². The molecule has 0 aromatic carbocycles. The number of hydrogen-bond donors (Lipinski definition) is 1. The third-order valence-electron chi connectivity index (χ3n) is 1.63. The van der Waals surface area contributed by atoms with Crippen molar-refractivity contribution < 1.29 is 14.6 Å². The van der Waals surface area contributed by atoms with Gasteiger partial charge in [0.2, 0.25) is 0 Å². The summed E-state index contributed by atoms with van der Waals surface area (Å²) in [7, 11) is 1.65. The van der Waals surface area contributed by atoms with Crippen molar-refractivity contribution in [3.05, 3.63) is 0 Å². The summed E-state index contributed by atoms with van der Waals surface area (Å²) < 4.78 is 10.3. The van der Waals surface area contributed by atoms with Crippen LogP contribution in [0.4, 0.5) is 0 Å². The summed E-state index contributed by atoms with van der Waals surface area (Å²) in [6.07, 6.45) is 0.856. The standard InChI is InChI=1S/C10H22O3S/c1-4-5-14-8-10(11)7-13-9(2)6-12-3/h9-11H,4-8H2,1-3H3. The minimum absolute atomic E-state index is 0.0609. The zero-order chi connectivity index (χ0) is 10.8. The third-order valence-corrected chi connectivity index (χ3v) is 2.95. The van der Waals surface area contributed by atoms with Crippen LogP contribution in [0.1, 0.15) is 20.3 Å². The molecule has 0 radical (unpaired) electrons. The molecule has 0 aliphatic heterocycles. The molecule has 0 bridgehead atoms. The van der Waals surface area contributed by atoms with E-state index in [1.807, 2.05) is 6.92 Å². The number of methoxy groups -OCH3 is 1. The molecule has 0 amide bonds. The number of hydrogen-bond acceptors (Lipinski definition) is 4. The van der Waals surface area contributed by atoms with E-state index in [-0.39, 0.29) is 12.2 Å². The molecule has 14 heavy (non-hydrogen) atoms. The van der Waals surface area contributed by atoms with Gasteiger partial charge in [0.15, 0.2) is 0 Å². The molecule has 0 aromatic heterocycles. The maximum absolute atomic E-state index is 9.51. The van der Waals surface area contributed by atoms with Crippen molar-refractivity contribution in [2.24, 2.45) is 0 Å². The van der Waals surface area contributed by atoms with Gasteiger partial charge in [-0.25, -0.2) is 0 Å². The number of ether oxygens (including phenoxy) is 2. The molecule has 3 nitrogen and oxygen atoms in total. The van der Waals surface area contributed by atoms with Gasteiger partial charge in [0.25, 0.3) is 0 Å². The average molecular weight is 222 g/mol. The monoisotopic (exact) mass is 222 g/mol. The molecule has 0 heterocycles. The summed E-state index contributed by atoms with van der Waals surface area (Å²) in [5.74, 6) is 1.86. The lowest BCUT2D eigenvalue weighted by Crippen LogP contribution is -2.24. The predicted octanol–water partition coefficient (Wildman–Crippen LogP) is 1.54. The second kappa shape index (κ2) is 9.77. The fourth-order valence-corrected chi connectivity index (χ4v) is 1.79. The van der Waals surface area contributed by atoms with Crippen molar-refractivity contribution in [2.45, 2.75) is 32.5 Å². The van der Waals surface area contributed by atoms with Gasteiger partial charge in [-0.05, 0) is 19.1 Å². The number of rotatable bonds is 9. The summed E-state index contributed by atoms with van der Waals surface area (Å²) in [4.78, 5) is 0. The molecule has 0 saturated carbocycles. The Morgan fingerprint density at radius 2 is 2.07 bits per heavy atom. The molecule has 0 aromatic rings. The second-order valence-corrected chi connectivity index (χ2v) is 4.48. The van der Waals surface area contributed by atoms with E-state index in [0.717, 1.165) is 17.9 Å². The van der Waals surface area contributed by atoms with Gasteiger partial charge in [-0.3, -0.25) is 0 Å². The van der Waals surface area contributed by atoms with Gasteiger partial charge in [-0.2, -0.15) is 11.8 Å². The zero-order valence-corrected chi connectivity index (χ0v) is 10.2. The van der Waals surface area contributed by atoms with Crippen LogP contribution in [0.25, 0.3) is 0 Å². The molecule has 0 fully saturated rings. The highest BCUT2D eigenvalue weighted by molar-refractivity contribution is 7.99. The summed E-state index contributed by atoms with van der Waals surface area (Å²) in [6, 6.07) is 0. The summed E-state index contributed by atoms with van der Waals surface area (Å²) >= 11 is 1.77. The Morgan fingerprint density at radius 3 is 2.64 bits per heavy atom. The molecule has 0 aliphatic carbocycles. The molecule has 0 aliphatic rings. The van der Waals surface area contributed by atoms with Crippen molar-refractivity contribution in [1.29, 1.82) is 0 Å². The molecule has 2 atom stereocenters. The lowest BCUT2D eigenvalue weighted by Gasteiger charge is -2.15. The van der Waals surface area contributed by atoms with E-state index < -0.39 is 0 Å². The first-order chi connectivity index (χ1) is 6.70. The Hall–Kier alpha value is 0.230. The van der Waals surface area contributed by atoms with E-state index >= 15 is 0 Å². The number of aliphatic hydroxyl groups excluding tert-OH is 1. The van der Waals surface area contributed by atoms with Gasteiger partial charge in [0.1, 0.15) is 0 Å². The first-order valence-corrected chi connectivity index (χ1v) is 6.22. The topological polar surface area (TPSA) is 38.7 Å². The van der Waals surface area contributed by atoms with Crippen LogP contribution in [0.15, 0.2) is 0 Å². The first kappa shape index (κ1) is 14.2. The Morgan fingerprint density at radius 1 is 1.36 bits per heavy atom. The summed E-state index contributed by atoms with van der Waals surface area (Å²) in [5.41, 5.74) is 0. The molecule has 86 valence electrons. The van der Waals surface area contributed by atoms with Crippen molar-refractivity contribution in [3.8, 4) is 0 Å². The van der Waals surface area contributed by atoms with Crippen molar-refractivity contribution >= 4 is 11.8 Å². The molecular formula is C10H22O3S. The van der Waals surface area contributed by atoms with Gasteiger partial charge in [-0.15, -0.1) is 0 Å². The predicted molar refractivity (Wildman–Crippen MR) is 60.9 cm³/mol.